The second kappa shape index (κ2) is 15.1. The number of aromatic nitrogens is 1. The standard InChI is InChI=1S/C61H42N2/c1-5-18-43(19-6-1)45-20-17-27-51(40-45)62(50-35-32-44(33-36-50)46-34-39-60-56(41-46)55-29-14-16-31-59(55)63(60)49-25-11-4-12-26-49)52-37-38-54-53-28-13-15-30-57(53)61(58(54)42-52,47-21-7-2-8-22-47)48-23-9-3-10-24-48/h1-42H. The zero-order chi connectivity index (χ0) is 41.7. The summed E-state index contributed by atoms with van der Waals surface area (Å²) in [7, 11) is 0. The van der Waals surface area contributed by atoms with Crippen molar-refractivity contribution in [3.05, 3.63) is 277 Å². The van der Waals surface area contributed by atoms with Crippen LogP contribution in [0.2, 0.25) is 0 Å². The molecule has 0 N–H and O–H groups in total. The van der Waals surface area contributed by atoms with Crippen molar-refractivity contribution in [3.63, 3.8) is 0 Å². The summed E-state index contributed by atoms with van der Waals surface area (Å²) in [6, 6.07) is 93.2. The van der Waals surface area contributed by atoms with E-state index in [0.717, 1.165) is 22.7 Å². The van der Waals surface area contributed by atoms with Gasteiger partial charge in [0, 0.05) is 33.5 Å². The summed E-state index contributed by atoms with van der Waals surface area (Å²) in [5, 5.41) is 2.50. The highest BCUT2D eigenvalue weighted by Gasteiger charge is 2.46. The van der Waals surface area contributed by atoms with Crippen LogP contribution < -0.4 is 4.90 Å². The molecule has 0 atom stereocenters. The quantitative estimate of drug-likeness (QED) is 0.149. The Kier molecular flexibility index (Phi) is 8.76. The summed E-state index contributed by atoms with van der Waals surface area (Å²) >= 11 is 0. The number of hydrogen-bond donors (Lipinski definition) is 0. The summed E-state index contributed by atoms with van der Waals surface area (Å²) in [5.74, 6) is 0. The van der Waals surface area contributed by atoms with Crippen LogP contribution >= 0.6 is 0 Å². The molecule has 0 saturated heterocycles. The maximum atomic E-state index is 2.45. The molecule has 1 aliphatic carbocycles. The van der Waals surface area contributed by atoms with E-state index in [1.807, 2.05) is 0 Å². The lowest BCUT2D eigenvalue weighted by Gasteiger charge is -2.35. The van der Waals surface area contributed by atoms with E-state index in [9.17, 15) is 0 Å². The molecular weight excluding hydrogens is 761 g/mol. The van der Waals surface area contributed by atoms with E-state index < -0.39 is 5.41 Å². The van der Waals surface area contributed by atoms with Gasteiger partial charge in [0.25, 0.3) is 0 Å². The van der Waals surface area contributed by atoms with Gasteiger partial charge < -0.3 is 9.47 Å². The molecule has 0 radical (unpaired) electrons. The fourth-order valence-electron chi connectivity index (χ4n) is 10.3. The van der Waals surface area contributed by atoms with Gasteiger partial charge in [-0.15, -0.1) is 0 Å². The van der Waals surface area contributed by atoms with Crippen LogP contribution in [0.1, 0.15) is 22.3 Å². The molecule has 0 amide bonds. The second-order valence-corrected chi connectivity index (χ2v) is 16.5. The molecule has 1 heterocycles. The third-order valence-electron chi connectivity index (χ3n) is 13.1. The SMILES string of the molecule is c1ccc(-c2cccc(N(c3ccc(-c4ccc5c(c4)c4ccccc4n5-c4ccccc4)cc3)c3ccc4c(c3)C(c3ccccc3)(c3ccccc3)c3ccccc3-4)c2)cc1. The number of anilines is 3. The molecule has 12 rings (SSSR count). The number of para-hydroxylation sites is 2. The Balaban J connectivity index is 1.03. The highest BCUT2D eigenvalue weighted by molar-refractivity contribution is 6.10. The lowest BCUT2D eigenvalue weighted by molar-refractivity contribution is 0.768. The highest BCUT2D eigenvalue weighted by Crippen LogP contribution is 2.57. The Labute approximate surface area is 368 Å². The van der Waals surface area contributed by atoms with Crippen molar-refractivity contribution >= 4 is 38.9 Å². The van der Waals surface area contributed by atoms with Crippen molar-refractivity contribution in [3.8, 4) is 39.1 Å². The monoisotopic (exact) mass is 802 g/mol. The van der Waals surface area contributed by atoms with Gasteiger partial charge in [0.05, 0.1) is 16.4 Å². The van der Waals surface area contributed by atoms with E-state index in [-0.39, 0.29) is 0 Å². The Bertz CT molecular complexity index is 3380. The summed E-state index contributed by atoms with van der Waals surface area (Å²) in [4.78, 5) is 2.43. The molecule has 1 aromatic heterocycles. The Morgan fingerprint density at radius 1 is 0.302 bits per heavy atom. The Hall–Kier alpha value is -8.20. The number of nitrogens with zero attached hydrogens (tertiary/aromatic N) is 2. The average molecular weight is 803 g/mol. The van der Waals surface area contributed by atoms with Crippen LogP contribution in [0.4, 0.5) is 17.1 Å². The van der Waals surface area contributed by atoms with Gasteiger partial charge in [-0.3, -0.25) is 0 Å². The van der Waals surface area contributed by atoms with Crippen LogP contribution in [0.3, 0.4) is 0 Å². The minimum absolute atomic E-state index is 0.506. The molecule has 2 nitrogen and oxygen atoms in total. The topological polar surface area (TPSA) is 8.17 Å². The van der Waals surface area contributed by atoms with E-state index in [0.29, 0.717) is 0 Å². The summed E-state index contributed by atoms with van der Waals surface area (Å²) in [6.45, 7) is 0. The van der Waals surface area contributed by atoms with E-state index in [1.54, 1.807) is 0 Å². The van der Waals surface area contributed by atoms with Gasteiger partial charge in [-0.25, -0.2) is 0 Å². The van der Waals surface area contributed by atoms with Crippen molar-refractivity contribution in [2.45, 2.75) is 5.41 Å². The minimum Gasteiger partial charge on any atom is -0.310 e. The number of fused-ring (bicyclic) bond motifs is 6. The van der Waals surface area contributed by atoms with Gasteiger partial charge in [-0.1, -0.05) is 188 Å². The molecule has 63 heavy (non-hydrogen) atoms. The smallest absolute Gasteiger partial charge is 0.0714 e. The summed E-state index contributed by atoms with van der Waals surface area (Å²) in [5.41, 5.74) is 18.7. The molecule has 1 aliphatic rings. The Morgan fingerprint density at radius 3 is 1.57 bits per heavy atom. The van der Waals surface area contributed by atoms with E-state index in [4.69, 9.17) is 0 Å². The van der Waals surface area contributed by atoms with E-state index in [1.165, 1.54) is 77.4 Å². The van der Waals surface area contributed by atoms with Gasteiger partial charge in [0.1, 0.15) is 0 Å². The molecule has 0 spiro atoms. The minimum atomic E-state index is -0.506. The second-order valence-electron chi connectivity index (χ2n) is 16.5. The molecule has 0 bridgehead atoms. The van der Waals surface area contributed by atoms with Crippen LogP contribution in [-0.4, -0.2) is 4.57 Å². The normalized spacial score (nSPS) is 12.6. The van der Waals surface area contributed by atoms with Gasteiger partial charge in [0.2, 0.25) is 0 Å². The maximum Gasteiger partial charge on any atom is 0.0714 e. The lowest BCUT2D eigenvalue weighted by atomic mass is 9.67. The summed E-state index contributed by atoms with van der Waals surface area (Å²) < 4.78 is 2.37. The van der Waals surface area contributed by atoms with Crippen LogP contribution in [-0.2, 0) is 5.41 Å². The molecule has 0 saturated carbocycles. The van der Waals surface area contributed by atoms with Crippen molar-refractivity contribution in [1.29, 1.82) is 0 Å². The first kappa shape index (κ1) is 36.6. The highest BCUT2D eigenvalue weighted by atomic mass is 15.1. The number of hydrogen-bond acceptors (Lipinski definition) is 1. The van der Waals surface area contributed by atoms with Gasteiger partial charge in [-0.05, 0) is 122 Å². The van der Waals surface area contributed by atoms with Gasteiger partial charge >= 0.3 is 0 Å². The maximum absolute atomic E-state index is 2.45. The molecule has 0 aliphatic heterocycles. The molecule has 0 unspecified atom stereocenters. The van der Waals surface area contributed by atoms with Gasteiger partial charge in [0.15, 0.2) is 0 Å². The van der Waals surface area contributed by atoms with E-state index in [2.05, 4.69) is 264 Å². The first-order chi connectivity index (χ1) is 31.3. The van der Waals surface area contributed by atoms with Crippen LogP contribution in [0, 0.1) is 0 Å². The molecule has 11 aromatic rings. The van der Waals surface area contributed by atoms with Crippen LogP contribution in [0.15, 0.2) is 255 Å². The zero-order valence-electron chi connectivity index (χ0n) is 34.6. The Morgan fingerprint density at radius 2 is 0.825 bits per heavy atom. The van der Waals surface area contributed by atoms with Crippen LogP contribution in [0.25, 0.3) is 60.9 Å². The largest absolute Gasteiger partial charge is 0.310 e. The first-order valence-corrected chi connectivity index (χ1v) is 21.8. The molecular formula is C61H42N2. The van der Waals surface area contributed by atoms with Crippen molar-refractivity contribution in [2.75, 3.05) is 4.90 Å². The molecule has 2 heteroatoms. The molecule has 296 valence electrons. The lowest BCUT2D eigenvalue weighted by Crippen LogP contribution is -2.28. The number of benzene rings is 10. The van der Waals surface area contributed by atoms with Crippen LogP contribution in [0.5, 0.6) is 0 Å². The third kappa shape index (κ3) is 5.95. The molecule has 0 fully saturated rings. The predicted molar refractivity (Wildman–Crippen MR) is 264 cm³/mol. The van der Waals surface area contributed by atoms with Gasteiger partial charge in [-0.2, -0.15) is 0 Å². The number of rotatable bonds is 8. The van der Waals surface area contributed by atoms with Crippen molar-refractivity contribution in [2.24, 2.45) is 0 Å². The average Bonchev–Trinajstić information content (AvgIpc) is 3.86. The zero-order valence-corrected chi connectivity index (χ0v) is 34.6. The van der Waals surface area contributed by atoms with Crippen molar-refractivity contribution < 1.29 is 0 Å². The predicted octanol–water partition coefficient (Wildman–Crippen LogP) is 16.0. The van der Waals surface area contributed by atoms with Crippen molar-refractivity contribution in [1.82, 2.24) is 4.57 Å². The third-order valence-corrected chi connectivity index (χ3v) is 13.1. The van der Waals surface area contributed by atoms with E-state index >= 15 is 0 Å². The summed E-state index contributed by atoms with van der Waals surface area (Å²) in [6.07, 6.45) is 0. The fraction of sp³-hybridized carbons (Fsp3) is 0.0164. The molecule has 10 aromatic carbocycles. The first-order valence-electron chi connectivity index (χ1n) is 21.8. The fourth-order valence-corrected chi connectivity index (χ4v) is 10.3.